The molecule has 182 valence electrons. The van der Waals surface area contributed by atoms with Gasteiger partial charge in [0.05, 0.1) is 5.92 Å². The number of carbonyl (C=O) groups is 3. The first-order valence-corrected chi connectivity index (χ1v) is 12.0. The van der Waals surface area contributed by atoms with Crippen molar-refractivity contribution in [1.29, 1.82) is 0 Å². The molecule has 2 atom stereocenters. The van der Waals surface area contributed by atoms with Gasteiger partial charge in [-0.2, -0.15) is 0 Å². The van der Waals surface area contributed by atoms with Crippen LogP contribution in [0.15, 0.2) is 48.5 Å². The minimum absolute atomic E-state index is 0.0352. The second-order valence-corrected chi connectivity index (χ2v) is 9.11. The van der Waals surface area contributed by atoms with Gasteiger partial charge >= 0.3 is 12.1 Å². The maximum atomic E-state index is 12.8. The van der Waals surface area contributed by atoms with Gasteiger partial charge in [-0.15, -0.1) is 11.8 Å². The van der Waals surface area contributed by atoms with Crippen LogP contribution in [0.25, 0.3) is 11.1 Å². The second-order valence-electron chi connectivity index (χ2n) is 9.11. The van der Waals surface area contributed by atoms with Crippen LogP contribution >= 0.6 is 0 Å². The molecule has 2 aliphatic carbocycles. The first-order chi connectivity index (χ1) is 17.0. The first-order valence-electron chi connectivity index (χ1n) is 12.0. The molecule has 7 heteroatoms. The number of fused-ring (bicyclic) bond motifs is 3. The molecule has 2 aromatic carbocycles. The summed E-state index contributed by atoms with van der Waals surface area (Å²) < 4.78 is 5.57. The molecule has 7 nitrogen and oxygen atoms in total. The van der Waals surface area contributed by atoms with E-state index in [1.807, 2.05) is 24.3 Å². The number of hydrogen-bond donors (Lipinski definition) is 3. The van der Waals surface area contributed by atoms with Crippen molar-refractivity contribution < 1.29 is 24.2 Å². The predicted molar refractivity (Wildman–Crippen MR) is 132 cm³/mol. The van der Waals surface area contributed by atoms with E-state index in [0.717, 1.165) is 35.1 Å². The maximum Gasteiger partial charge on any atom is 0.407 e. The Balaban J connectivity index is 1.34. The normalized spacial score (nSPS) is 15.6. The largest absolute Gasteiger partial charge is 0.480 e. The van der Waals surface area contributed by atoms with Crippen LogP contribution in [-0.4, -0.2) is 42.3 Å². The Morgan fingerprint density at radius 1 is 1.06 bits per heavy atom. The van der Waals surface area contributed by atoms with Crippen molar-refractivity contribution in [1.82, 2.24) is 10.6 Å². The van der Waals surface area contributed by atoms with Crippen molar-refractivity contribution in [3.05, 3.63) is 59.7 Å². The number of alkyl carbamates (subject to hydrolysis) is 1. The molecule has 0 spiro atoms. The minimum Gasteiger partial charge on any atom is -0.480 e. The molecule has 2 aromatic rings. The van der Waals surface area contributed by atoms with E-state index in [1.165, 1.54) is 0 Å². The van der Waals surface area contributed by atoms with Gasteiger partial charge in [0.15, 0.2) is 0 Å². The van der Waals surface area contributed by atoms with Crippen molar-refractivity contribution in [2.24, 2.45) is 11.8 Å². The first kappa shape index (κ1) is 24.3. The van der Waals surface area contributed by atoms with Crippen LogP contribution in [0.3, 0.4) is 0 Å². The van der Waals surface area contributed by atoms with Gasteiger partial charge in [-0.05, 0) is 41.5 Å². The zero-order chi connectivity index (χ0) is 24.8. The smallest absolute Gasteiger partial charge is 0.407 e. The zero-order valence-electron chi connectivity index (χ0n) is 19.8. The van der Waals surface area contributed by atoms with Crippen molar-refractivity contribution in [2.75, 3.05) is 13.2 Å². The Morgan fingerprint density at radius 2 is 1.69 bits per heavy atom. The molecule has 2 aliphatic rings. The number of nitrogens with one attached hydrogen (secondary N) is 2. The molecule has 4 rings (SSSR count). The van der Waals surface area contributed by atoms with Gasteiger partial charge in [-0.25, -0.2) is 9.59 Å². The molecule has 35 heavy (non-hydrogen) atoms. The highest BCUT2D eigenvalue weighted by molar-refractivity contribution is 5.85. The van der Waals surface area contributed by atoms with Crippen LogP contribution < -0.4 is 10.6 Å². The van der Waals surface area contributed by atoms with Crippen LogP contribution in [0.4, 0.5) is 4.79 Å². The number of aliphatic carboxylic acids is 1. The average molecular weight is 475 g/mol. The summed E-state index contributed by atoms with van der Waals surface area (Å²) in [7, 11) is 0. The molecule has 0 bridgehead atoms. The van der Waals surface area contributed by atoms with Gasteiger partial charge < -0.3 is 20.5 Å². The van der Waals surface area contributed by atoms with Crippen LogP contribution in [-0.2, 0) is 14.3 Å². The summed E-state index contributed by atoms with van der Waals surface area (Å²) in [5, 5.41) is 14.7. The number of rotatable bonds is 10. The molecular weight excluding hydrogens is 444 g/mol. The highest BCUT2D eigenvalue weighted by atomic mass is 16.5. The summed E-state index contributed by atoms with van der Waals surface area (Å²) >= 11 is 0. The Morgan fingerprint density at radius 3 is 2.26 bits per heavy atom. The summed E-state index contributed by atoms with van der Waals surface area (Å²) in [6.07, 6.45) is 2.12. The molecule has 1 fully saturated rings. The zero-order valence-corrected chi connectivity index (χ0v) is 19.8. The Kier molecular flexibility index (Phi) is 7.71. The molecular formula is C28H30N2O5. The number of benzene rings is 2. The van der Waals surface area contributed by atoms with Gasteiger partial charge in [0.25, 0.3) is 0 Å². The van der Waals surface area contributed by atoms with E-state index < -0.39 is 24.0 Å². The average Bonchev–Trinajstić information content (AvgIpc) is 3.63. The Bertz CT molecular complexity index is 1120. The highest BCUT2D eigenvalue weighted by Crippen LogP contribution is 2.44. The summed E-state index contributed by atoms with van der Waals surface area (Å²) in [6.45, 7) is 1.90. The van der Waals surface area contributed by atoms with Gasteiger partial charge in [0.1, 0.15) is 12.6 Å². The van der Waals surface area contributed by atoms with Crippen LogP contribution in [0.2, 0.25) is 0 Å². The molecule has 1 saturated carbocycles. The number of carboxylic acids is 1. The van der Waals surface area contributed by atoms with Crippen molar-refractivity contribution >= 4 is 18.0 Å². The molecule has 0 aromatic heterocycles. The van der Waals surface area contributed by atoms with Gasteiger partial charge in [0.2, 0.25) is 5.91 Å². The molecule has 2 amide bonds. The minimum atomic E-state index is -1.13. The maximum absolute atomic E-state index is 12.8. The Labute approximate surface area is 205 Å². The van der Waals surface area contributed by atoms with E-state index in [4.69, 9.17) is 4.74 Å². The number of hydrogen-bond acceptors (Lipinski definition) is 4. The number of amides is 2. The van der Waals surface area contributed by atoms with E-state index in [-0.39, 0.29) is 31.4 Å². The lowest BCUT2D eigenvalue weighted by atomic mass is 9.98. The SMILES string of the molecule is CC#CCC(NC(=O)C(CNC(=O)OCC1c2ccccc2-c2ccccc21)CC1CC1)C(=O)O. The molecule has 3 N–H and O–H groups in total. The molecule has 2 unspecified atom stereocenters. The quantitative estimate of drug-likeness (QED) is 0.453. The van der Waals surface area contributed by atoms with Crippen LogP contribution in [0, 0.1) is 23.7 Å². The fourth-order valence-corrected chi connectivity index (χ4v) is 4.59. The number of ether oxygens (including phenoxy) is 1. The molecule has 0 radical (unpaired) electrons. The molecule has 0 heterocycles. The summed E-state index contributed by atoms with van der Waals surface area (Å²) in [6, 6.07) is 15.1. The summed E-state index contributed by atoms with van der Waals surface area (Å²) in [5.41, 5.74) is 4.56. The van der Waals surface area contributed by atoms with Gasteiger partial charge in [-0.3, -0.25) is 4.79 Å². The standard InChI is InChI=1S/C28H30N2O5/c1-2-3-12-25(27(32)33)30-26(31)19(15-18-13-14-18)16-29-28(34)35-17-24-22-10-6-4-8-20(22)21-9-5-7-11-23(21)24/h4-11,18-19,24-25H,12-17H2,1H3,(H,29,34)(H,30,31)(H,32,33). The van der Waals surface area contributed by atoms with E-state index in [2.05, 4.69) is 46.7 Å². The fourth-order valence-electron chi connectivity index (χ4n) is 4.59. The lowest BCUT2D eigenvalue weighted by Crippen LogP contribution is -2.46. The monoisotopic (exact) mass is 474 g/mol. The third kappa shape index (κ3) is 6.02. The van der Waals surface area contributed by atoms with Crippen molar-refractivity contribution in [3.8, 4) is 23.0 Å². The lowest BCUT2D eigenvalue weighted by Gasteiger charge is -2.20. The van der Waals surface area contributed by atoms with Crippen LogP contribution in [0.5, 0.6) is 0 Å². The van der Waals surface area contributed by atoms with E-state index in [0.29, 0.717) is 12.3 Å². The lowest BCUT2D eigenvalue weighted by molar-refractivity contribution is -0.142. The van der Waals surface area contributed by atoms with E-state index >= 15 is 0 Å². The number of carbonyl (C=O) groups excluding carboxylic acids is 2. The van der Waals surface area contributed by atoms with E-state index in [1.54, 1.807) is 6.92 Å². The Hall–Kier alpha value is -3.79. The van der Waals surface area contributed by atoms with Crippen molar-refractivity contribution in [3.63, 3.8) is 0 Å². The van der Waals surface area contributed by atoms with E-state index in [9.17, 15) is 19.5 Å². The highest BCUT2D eigenvalue weighted by Gasteiger charge is 2.32. The summed E-state index contributed by atoms with van der Waals surface area (Å²) in [5.74, 6) is 3.68. The van der Waals surface area contributed by atoms with Crippen LogP contribution in [0.1, 0.15) is 49.7 Å². The van der Waals surface area contributed by atoms with Crippen molar-refractivity contribution in [2.45, 2.75) is 44.6 Å². The topological polar surface area (TPSA) is 105 Å². The fraction of sp³-hybridized carbons (Fsp3) is 0.393. The number of carboxylic acid groups (broad SMARTS) is 1. The molecule has 0 aliphatic heterocycles. The second kappa shape index (κ2) is 11.1. The van der Waals surface area contributed by atoms with Gasteiger partial charge in [-0.1, -0.05) is 61.4 Å². The third-order valence-corrected chi connectivity index (χ3v) is 6.62. The molecule has 0 saturated heterocycles. The van der Waals surface area contributed by atoms with Gasteiger partial charge in [0, 0.05) is 18.9 Å². The predicted octanol–water partition coefficient (Wildman–Crippen LogP) is 3.92. The third-order valence-electron chi connectivity index (χ3n) is 6.62. The summed E-state index contributed by atoms with van der Waals surface area (Å²) in [4.78, 5) is 36.8.